The molecular formula is C10H19NO. The number of ether oxygens (including phenoxy) is 1. The molecule has 70 valence electrons. The molecule has 1 saturated heterocycles. The molecule has 0 amide bonds. The Morgan fingerprint density at radius 3 is 3.08 bits per heavy atom. The normalized spacial score (nSPS) is 42.0. The van der Waals surface area contributed by atoms with Gasteiger partial charge in [0, 0.05) is 12.6 Å². The van der Waals surface area contributed by atoms with Gasteiger partial charge in [-0.05, 0) is 45.2 Å². The summed E-state index contributed by atoms with van der Waals surface area (Å²) in [7, 11) is 4.07. The zero-order valence-corrected chi connectivity index (χ0v) is 8.18. The Balaban J connectivity index is 2.10. The lowest BCUT2D eigenvalue weighted by Gasteiger charge is -2.41. The van der Waals surface area contributed by atoms with Crippen molar-refractivity contribution >= 4 is 0 Å². The molecular weight excluding hydrogens is 150 g/mol. The van der Waals surface area contributed by atoms with E-state index in [4.69, 9.17) is 4.74 Å². The fraction of sp³-hybridized carbons (Fsp3) is 1.00. The molecule has 2 fully saturated rings. The molecule has 2 unspecified atom stereocenters. The maximum absolute atomic E-state index is 5.33. The first-order valence-electron chi connectivity index (χ1n) is 4.97. The number of piperidine rings is 1. The van der Waals surface area contributed by atoms with E-state index in [9.17, 15) is 0 Å². The predicted octanol–water partition coefficient (Wildman–Crippen LogP) is 1.51. The molecule has 0 aromatic rings. The first kappa shape index (κ1) is 8.52. The van der Waals surface area contributed by atoms with Crippen LogP contribution in [0.1, 0.15) is 25.7 Å². The van der Waals surface area contributed by atoms with Gasteiger partial charge in [-0.15, -0.1) is 0 Å². The molecule has 1 aliphatic heterocycles. The van der Waals surface area contributed by atoms with Gasteiger partial charge in [0.2, 0.25) is 0 Å². The number of hydrogen-bond acceptors (Lipinski definition) is 2. The van der Waals surface area contributed by atoms with Crippen molar-refractivity contribution in [1.82, 2.24) is 4.90 Å². The molecule has 2 bridgehead atoms. The second-order valence-electron chi connectivity index (χ2n) is 4.48. The third-order valence-corrected chi connectivity index (χ3v) is 3.78. The predicted molar refractivity (Wildman–Crippen MR) is 49.2 cm³/mol. The average molecular weight is 169 g/mol. The van der Waals surface area contributed by atoms with Crippen molar-refractivity contribution in [3.63, 3.8) is 0 Å². The van der Waals surface area contributed by atoms with Gasteiger partial charge in [-0.25, -0.2) is 0 Å². The number of rotatable bonds is 2. The highest BCUT2D eigenvalue weighted by atomic mass is 16.5. The van der Waals surface area contributed by atoms with E-state index < -0.39 is 0 Å². The van der Waals surface area contributed by atoms with Crippen LogP contribution in [-0.4, -0.2) is 37.7 Å². The number of hydrogen-bond donors (Lipinski definition) is 0. The molecule has 12 heavy (non-hydrogen) atoms. The Hall–Kier alpha value is -0.0800. The van der Waals surface area contributed by atoms with Crippen LogP contribution in [-0.2, 0) is 4.74 Å². The number of nitrogens with zero attached hydrogens (tertiary/aromatic N) is 1. The maximum Gasteiger partial charge on any atom is 0.0646 e. The van der Waals surface area contributed by atoms with Gasteiger partial charge in [-0.1, -0.05) is 0 Å². The van der Waals surface area contributed by atoms with Crippen molar-refractivity contribution < 1.29 is 4.74 Å². The lowest BCUT2D eigenvalue weighted by molar-refractivity contribution is 0.0101. The third kappa shape index (κ3) is 1.17. The minimum atomic E-state index is 0.414. The standard InChI is InChI=1S/C10H19NO/c1-11-6-4-9-3-5-10(11,7-9)8-12-2/h9H,3-8H2,1-2H3. The molecule has 2 nitrogen and oxygen atoms in total. The Bertz CT molecular complexity index is 167. The van der Waals surface area contributed by atoms with Crippen molar-refractivity contribution in [3.05, 3.63) is 0 Å². The van der Waals surface area contributed by atoms with Gasteiger partial charge in [0.15, 0.2) is 0 Å². The molecule has 0 N–H and O–H groups in total. The quantitative estimate of drug-likeness (QED) is 0.621. The topological polar surface area (TPSA) is 12.5 Å². The summed E-state index contributed by atoms with van der Waals surface area (Å²) in [5, 5.41) is 0. The van der Waals surface area contributed by atoms with Crippen molar-refractivity contribution in [2.24, 2.45) is 5.92 Å². The van der Waals surface area contributed by atoms with Crippen LogP contribution < -0.4 is 0 Å². The van der Waals surface area contributed by atoms with Crippen molar-refractivity contribution in [2.45, 2.75) is 31.2 Å². The van der Waals surface area contributed by atoms with E-state index in [-0.39, 0.29) is 0 Å². The second-order valence-corrected chi connectivity index (χ2v) is 4.48. The Morgan fingerprint density at radius 2 is 2.33 bits per heavy atom. The lowest BCUT2D eigenvalue weighted by Crippen LogP contribution is -2.50. The number of likely N-dealkylation sites (N-methyl/N-ethyl adjacent to an activating group) is 1. The number of likely N-dealkylation sites (tertiary alicyclic amines) is 1. The van der Waals surface area contributed by atoms with E-state index >= 15 is 0 Å². The zero-order valence-electron chi connectivity index (χ0n) is 8.18. The minimum absolute atomic E-state index is 0.414. The van der Waals surface area contributed by atoms with Gasteiger partial charge in [0.25, 0.3) is 0 Å². The summed E-state index contributed by atoms with van der Waals surface area (Å²) in [6, 6.07) is 0. The van der Waals surface area contributed by atoms with E-state index in [0.29, 0.717) is 5.54 Å². The summed E-state index contributed by atoms with van der Waals surface area (Å²) in [5.74, 6) is 0.997. The molecule has 1 saturated carbocycles. The Morgan fingerprint density at radius 1 is 1.50 bits per heavy atom. The van der Waals surface area contributed by atoms with Crippen LogP contribution >= 0.6 is 0 Å². The van der Waals surface area contributed by atoms with E-state index in [1.807, 2.05) is 7.11 Å². The fourth-order valence-corrected chi connectivity index (χ4v) is 2.93. The molecule has 2 aliphatic rings. The summed E-state index contributed by atoms with van der Waals surface area (Å²) in [6.07, 6.45) is 5.55. The fourth-order valence-electron chi connectivity index (χ4n) is 2.93. The molecule has 2 heteroatoms. The molecule has 0 radical (unpaired) electrons. The van der Waals surface area contributed by atoms with Gasteiger partial charge >= 0.3 is 0 Å². The van der Waals surface area contributed by atoms with Crippen molar-refractivity contribution in [2.75, 3.05) is 27.3 Å². The third-order valence-electron chi connectivity index (χ3n) is 3.78. The lowest BCUT2D eigenvalue weighted by atomic mass is 9.89. The highest BCUT2D eigenvalue weighted by Gasteiger charge is 2.45. The molecule has 2 rings (SSSR count). The molecule has 0 spiro atoms. The van der Waals surface area contributed by atoms with E-state index in [2.05, 4.69) is 11.9 Å². The highest BCUT2D eigenvalue weighted by Crippen LogP contribution is 2.44. The monoisotopic (exact) mass is 169 g/mol. The maximum atomic E-state index is 5.33. The summed E-state index contributed by atoms with van der Waals surface area (Å²) in [5.41, 5.74) is 0.414. The van der Waals surface area contributed by atoms with E-state index in [1.165, 1.54) is 32.2 Å². The molecule has 0 aromatic carbocycles. The van der Waals surface area contributed by atoms with Crippen molar-refractivity contribution in [3.8, 4) is 0 Å². The Kier molecular flexibility index (Phi) is 2.13. The summed E-state index contributed by atoms with van der Waals surface area (Å²) < 4.78 is 5.33. The summed E-state index contributed by atoms with van der Waals surface area (Å²) in [6.45, 7) is 2.20. The summed E-state index contributed by atoms with van der Waals surface area (Å²) in [4.78, 5) is 2.51. The van der Waals surface area contributed by atoms with Crippen LogP contribution in [0.5, 0.6) is 0 Å². The smallest absolute Gasteiger partial charge is 0.0646 e. The van der Waals surface area contributed by atoms with Gasteiger partial charge in [-0.2, -0.15) is 0 Å². The van der Waals surface area contributed by atoms with Gasteiger partial charge in [0.1, 0.15) is 0 Å². The summed E-state index contributed by atoms with van der Waals surface area (Å²) >= 11 is 0. The largest absolute Gasteiger partial charge is 0.383 e. The Labute approximate surface area is 74.9 Å². The SMILES string of the molecule is COCC12CCC(CCN1C)C2. The van der Waals surface area contributed by atoms with Crippen LogP contribution in [0, 0.1) is 5.92 Å². The number of methoxy groups -OCH3 is 1. The number of fused-ring (bicyclic) bond motifs is 2. The zero-order chi connectivity index (χ0) is 8.60. The first-order valence-corrected chi connectivity index (χ1v) is 4.97. The first-order chi connectivity index (χ1) is 5.77. The van der Waals surface area contributed by atoms with Crippen molar-refractivity contribution in [1.29, 1.82) is 0 Å². The second kappa shape index (κ2) is 3.00. The van der Waals surface area contributed by atoms with E-state index in [0.717, 1.165) is 12.5 Å². The van der Waals surface area contributed by atoms with E-state index in [1.54, 1.807) is 0 Å². The minimum Gasteiger partial charge on any atom is -0.383 e. The molecule has 1 aliphatic carbocycles. The van der Waals surface area contributed by atoms with Gasteiger partial charge in [-0.3, -0.25) is 4.90 Å². The molecule has 1 heterocycles. The van der Waals surface area contributed by atoms with Crippen LogP contribution in [0.15, 0.2) is 0 Å². The van der Waals surface area contributed by atoms with Crippen LogP contribution in [0.4, 0.5) is 0 Å². The van der Waals surface area contributed by atoms with Crippen LogP contribution in [0.3, 0.4) is 0 Å². The highest BCUT2D eigenvalue weighted by molar-refractivity contribution is 5.00. The average Bonchev–Trinajstić information content (AvgIpc) is 2.40. The molecule has 0 aromatic heterocycles. The van der Waals surface area contributed by atoms with Gasteiger partial charge < -0.3 is 4.74 Å². The van der Waals surface area contributed by atoms with Crippen LogP contribution in [0.2, 0.25) is 0 Å². The van der Waals surface area contributed by atoms with Gasteiger partial charge in [0.05, 0.1) is 6.61 Å². The molecule has 2 atom stereocenters. The van der Waals surface area contributed by atoms with Crippen LogP contribution in [0.25, 0.3) is 0 Å².